The molecule has 0 unspecified atom stereocenters. The van der Waals surface area contributed by atoms with Gasteiger partial charge < -0.3 is 4.74 Å². The summed E-state index contributed by atoms with van der Waals surface area (Å²) in [6.07, 6.45) is 7.89. The van der Waals surface area contributed by atoms with E-state index >= 15 is 0 Å². The van der Waals surface area contributed by atoms with Gasteiger partial charge in [0.1, 0.15) is 0 Å². The maximum absolute atomic E-state index is 11.6. The Morgan fingerprint density at radius 1 is 1.12 bits per heavy atom. The van der Waals surface area contributed by atoms with Gasteiger partial charge in [0, 0.05) is 25.8 Å². The molecule has 0 N–H and O–H groups in total. The van der Waals surface area contributed by atoms with Crippen LogP contribution >= 0.6 is 0 Å². The van der Waals surface area contributed by atoms with Crippen molar-refractivity contribution < 1.29 is 9.53 Å². The number of aromatic nitrogens is 1. The molecule has 4 nitrogen and oxygen atoms in total. The third kappa shape index (κ3) is 5.97. The molecule has 26 heavy (non-hydrogen) atoms. The Labute approximate surface area is 155 Å². The second kappa shape index (κ2) is 10.3. The van der Waals surface area contributed by atoms with Gasteiger partial charge in [-0.1, -0.05) is 48.6 Å². The SMILES string of the molecule is C/C=C\C(=C/C)CN(Cc1ccccc1)Cc1ccc(C(=O)OC)cn1. The normalized spacial score (nSPS) is 11.9. The molecule has 0 amide bonds. The number of benzene rings is 1. The zero-order valence-corrected chi connectivity index (χ0v) is 15.7. The summed E-state index contributed by atoms with van der Waals surface area (Å²) in [5.41, 5.74) is 3.91. The lowest BCUT2D eigenvalue weighted by atomic mass is 10.1. The van der Waals surface area contributed by atoms with Crippen molar-refractivity contribution >= 4 is 5.97 Å². The lowest BCUT2D eigenvalue weighted by Gasteiger charge is -2.23. The van der Waals surface area contributed by atoms with Gasteiger partial charge in [-0.15, -0.1) is 0 Å². The summed E-state index contributed by atoms with van der Waals surface area (Å²) in [4.78, 5) is 18.3. The predicted octanol–water partition coefficient (Wildman–Crippen LogP) is 4.39. The van der Waals surface area contributed by atoms with Crippen molar-refractivity contribution in [3.8, 4) is 0 Å². The van der Waals surface area contributed by atoms with Crippen molar-refractivity contribution in [2.45, 2.75) is 26.9 Å². The maximum atomic E-state index is 11.6. The van der Waals surface area contributed by atoms with Gasteiger partial charge >= 0.3 is 5.97 Å². The highest BCUT2D eigenvalue weighted by molar-refractivity contribution is 5.88. The van der Waals surface area contributed by atoms with Crippen LogP contribution in [0.15, 0.2) is 72.5 Å². The summed E-state index contributed by atoms with van der Waals surface area (Å²) in [7, 11) is 1.37. The molecule has 0 atom stereocenters. The molecule has 2 aromatic rings. The van der Waals surface area contributed by atoms with E-state index < -0.39 is 0 Å². The number of nitrogens with zero attached hydrogens (tertiary/aromatic N) is 2. The third-order valence-electron chi connectivity index (χ3n) is 4.04. The molecule has 1 aromatic carbocycles. The summed E-state index contributed by atoms with van der Waals surface area (Å²) in [5, 5.41) is 0. The Bertz CT molecular complexity index is 749. The van der Waals surface area contributed by atoms with Crippen molar-refractivity contribution in [1.82, 2.24) is 9.88 Å². The summed E-state index contributed by atoms with van der Waals surface area (Å²) >= 11 is 0. The Morgan fingerprint density at radius 3 is 2.46 bits per heavy atom. The van der Waals surface area contributed by atoms with E-state index in [-0.39, 0.29) is 5.97 Å². The molecule has 1 heterocycles. The summed E-state index contributed by atoms with van der Waals surface area (Å²) in [5.74, 6) is -0.366. The minimum Gasteiger partial charge on any atom is -0.465 e. The smallest absolute Gasteiger partial charge is 0.339 e. The van der Waals surface area contributed by atoms with Crippen LogP contribution in [0.4, 0.5) is 0 Å². The van der Waals surface area contributed by atoms with E-state index in [4.69, 9.17) is 4.74 Å². The molecule has 0 saturated heterocycles. The summed E-state index contributed by atoms with van der Waals surface area (Å²) < 4.78 is 4.73. The average molecular weight is 350 g/mol. The van der Waals surface area contributed by atoms with E-state index in [1.54, 1.807) is 12.3 Å². The Hall–Kier alpha value is -2.72. The molecule has 0 spiro atoms. The number of carbonyl (C=O) groups is 1. The molecule has 4 heteroatoms. The average Bonchev–Trinajstić information content (AvgIpc) is 2.68. The van der Waals surface area contributed by atoms with E-state index in [1.165, 1.54) is 18.2 Å². The van der Waals surface area contributed by atoms with Gasteiger partial charge in [-0.25, -0.2) is 4.79 Å². The Morgan fingerprint density at radius 2 is 1.88 bits per heavy atom. The first-order valence-electron chi connectivity index (χ1n) is 8.73. The predicted molar refractivity (Wildman–Crippen MR) is 105 cm³/mol. The molecule has 0 aliphatic carbocycles. The first-order valence-corrected chi connectivity index (χ1v) is 8.73. The second-order valence-electron chi connectivity index (χ2n) is 6.02. The van der Waals surface area contributed by atoms with Crippen molar-refractivity contribution in [1.29, 1.82) is 0 Å². The largest absolute Gasteiger partial charge is 0.465 e. The van der Waals surface area contributed by atoms with E-state index in [0.717, 1.165) is 18.8 Å². The highest BCUT2D eigenvalue weighted by Gasteiger charge is 2.11. The van der Waals surface area contributed by atoms with Gasteiger partial charge in [-0.05, 0) is 37.1 Å². The number of rotatable bonds is 8. The number of hydrogen-bond donors (Lipinski definition) is 0. The van der Waals surface area contributed by atoms with E-state index in [2.05, 4.69) is 59.3 Å². The summed E-state index contributed by atoms with van der Waals surface area (Å²) in [6.45, 7) is 6.44. The molecule has 0 aliphatic rings. The molecular weight excluding hydrogens is 324 g/mol. The third-order valence-corrected chi connectivity index (χ3v) is 4.04. The molecule has 0 fully saturated rings. The fourth-order valence-electron chi connectivity index (χ4n) is 2.71. The zero-order chi connectivity index (χ0) is 18.8. The first kappa shape index (κ1) is 19.6. The van der Waals surface area contributed by atoms with E-state index in [0.29, 0.717) is 12.1 Å². The van der Waals surface area contributed by atoms with Gasteiger partial charge in [0.15, 0.2) is 0 Å². The zero-order valence-electron chi connectivity index (χ0n) is 15.7. The van der Waals surface area contributed by atoms with E-state index in [9.17, 15) is 4.79 Å². The standard InChI is InChI=1S/C22H26N2O2/c1-4-9-18(5-2)15-24(16-19-10-7-6-8-11-19)17-21-13-12-20(14-23-21)22(25)26-3/h4-14H,15-17H2,1-3H3/b9-4-,18-5+. The molecule has 0 aliphatic heterocycles. The van der Waals surface area contributed by atoms with Gasteiger partial charge in [-0.3, -0.25) is 9.88 Å². The highest BCUT2D eigenvalue weighted by atomic mass is 16.5. The van der Waals surface area contributed by atoms with Crippen LogP contribution in [0.1, 0.15) is 35.5 Å². The van der Waals surface area contributed by atoms with E-state index in [1.807, 2.05) is 19.1 Å². The minimum absolute atomic E-state index is 0.366. The number of esters is 1. The molecule has 136 valence electrons. The van der Waals surface area contributed by atoms with Crippen LogP contribution < -0.4 is 0 Å². The molecule has 0 radical (unpaired) electrons. The monoisotopic (exact) mass is 350 g/mol. The second-order valence-corrected chi connectivity index (χ2v) is 6.02. The quantitative estimate of drug-likeness (QED) is 0.523. The first-order chi connectivity index (χ1) is 12.7. The van der Waals surface area contributed by atoms with Crippen molar-refractivity contribution in [3.05, 3.63) is 89.3 Å². The summed E-state index contributed by atoms with van der Waals surface area (Å²) in [6, 6.07) is 14.0. The molecule has 0 bridgehead atoms. The lowest BCUT2D eigenvalue weighted by Crippen LogP contribution is -2.25. The molecule has 1 aromatic heterocycles. The fraction of sp³-hybridized carbons (Fsp3) is 0.273. The van der Waals surface area contributed by atoms with Crippen molar-refractivity contribution in [2.75, 3.05) is 13.7 Å². The van der Waals surface area contributed by atoms with Gasteiger partial charge in [0.2, 0.25) is 0 Å². The van der Waals surface area contributed by atoms with Crippen LogP contribution in [0.3, 0.4) is 0 Å². The van der Waals surface area contributed by atoms with Gasteiger partial charge in [0.05, 0.1) is 18.4 Å². The topological polar surface area (TPSA) is 42.4 Å². The maximum Gasteiger partial charge on any atom is 0.339 e. The molecular formula is C22H26N2O2. The number of hydrogen-bond acceptors (Lipinski definition) is 4. The van der Waals surface area contributed by atoms with Crippen LogP contribution in [0.25, 0.3) is 0 Å². The molecule has 0 saturated carbocycles. The minimum atomic E-state index is -0.366. The Balaban J connectivity index is 2.15. The number of ether oxygens (including phenoxy) is 1. The molecule has 2 rings (SSSR count). The van der Waals surface area contributed by atoms with Gasteiger partial charge in [-0.2, -0.15) is 0 Å². The fourth-order valence-corrected chi connectivity index (χ4v) is 2.71. The van der Waals surface area contributed by atoms with Crippen molar-refractivity contribution in [2.24, 2.45) is 0 Å². The number of pyridine rings is 1. The number of methoxy groups -OCH3 is 1. The Kier molecular flexibility index (Phi) is 7.77. The van der Waals surface area contributed by atoms with Crippen LogP contribution in [-0.4, -0.2) is 29.5 Å². The lowest BCUT2D eigenvalue weighted by molar-refractivity contribution is 0.0600. The number of carbonyl (C=O) groups excluding carboxylic acids is 1. The number of allylic oxidation sites excluding steroid dienone is 2. The highest BCUT2D eigenvalue weighted by Crippen LogP contribution is 2.13. The van der Waals surface area contributed by atoms with Crippen LogP contribution in [-0.2, 0) is 17.8 Å². The van der Waals surface area contributed by atoms with Crippen molar-refractivity contribution in [3.63, 3.8) is 0 Å². The van der Waals surface area contributed by atoms with Crippen LogP contribution in [0.2, 0.25) is 0 Å². The van der Waals surface area contributed by atoms with Crippen LogP contribution in [0.5, 0.6) is 0 Å². The van der Waals surface area contributed by atoms with Crippen LogP contribution in [0, 0.1) is 0 Å². The van der Waals surface area contributed by atoms with Gasteiger partial charge in [0.25, 0.3) is 0 Å².